The van der Waals surface area contributed by atoms with Gasteiger partial charge in [0.25, 0.3) is 0 Å². The van der Waals surface area contributed by atoms with Gasteiger partial charge in [-0.3, -0.25) is 10.1 Å². The number of hydrogen-bond donors (Lipinski definition) is 1. The lowest BCUT2D eigenvalue weighted by atomic mass is 10.2. The lowest BCUT2D eigenvalue weighted by Crippen LogP contribution is -2.38. The zero-order valence-electron chi connectivity index (χ0n) is 9.80. The molecule has 1 saturated heterocycles. The fourth-order valence-electron chi connectivity index (χ4n) is 1.50. The highest BCUT2D eigenvalue weighted by Crippen LogP contribution is 2.12. The fraction of sp³-hybridized carbons (Fsp3) is 0.500. The monoisotopic (exact) mass is 241 g/mol. The van der Waals surface area contributed by atoms with E-state index < -0.39 is 10.9 Å². The topological polar surface area (TPSA) is 84.7 Å². The predicted molar refractivity (Wildman–Crippen MR) is 60.4 cm³/mol. The van der Waals surface area contributed by atoms with Gasteiger partial charge in [-0.1, -0.05) is 0 Å². The molecule has 1 fully saturated rings. The molecule has 0 amide bonds. The molecule has 0 aromatic carbocycles. The van der Waals surface area contributed by atoms with Crippen molar-refractivity contribution in [1.29, 1.82) is 0 Å². The number of nitro groups is 1. The number of allylic oxidation sites excluding steroid dienone is 1. The number of ether oxygens (including phenoxy) is 1. The molecule has 7 nitrogen and oxygen atoms in total. The largest absolute Gasteiger partial charge is 0.466 e. The molecule has 94 valence electrons. The van der Waals surface area contributed by atoms with Gasteiger partial charge >= 0.3 is 11.7 Å². The van der Waals surface area contributed by atoms with Crippen LogP contribution in [0.25, 0.3) is 0 Å². The van der Waals surface area contributed by atoms with E-state index in [9.17, 15) is 14.9 Å². The minimum atomic E-state index is -0.622. The maximum atomic E-state index is 10.9. The molecule has 1 heterocycles. The van der Waals surface area contributed by atoms with E-state index in [2.05, 4.69) is 10.1 Å². The van der Waals surface area contributed by atoms with Gasteiger partial charge in [-0.2, -0.15) is 0 Å². The van der Waals surface area contributed by atoms with Crippen LogP contribution in [0.3, 0.4) is 0 Å². The van der Waals surface area contributed by atoms with Crippen LogP contribution in [-0.4, -0.2) is 43.0 Å². The molecule has 0 bridgehead atoms. The van der Waals surface area contributed by atoms with E-state index in [4.69, 9.17) is 0 Å². The van der Waals surface area contributed by atoms with E-state index >= 15 is 0 Å². The molecule has 0 unspecified atom stereocenters. The van der Waals surface area contributed by atoms with Gasteiger partial charge in [-0.25, -0.2) is 4.79 Å². The third-order valence-electron chi connectivity index (χ3n) is 2.36. The summed E-state index contributed by atoms with van der Waals surface area (Å²) in [5, 5.41) is 13.9. The van der Waals surface area contributed by atoms with Gasteiger partial charge in [-0.15, -0.1) is 0 Å². The van der Waals surface area contributed by atoms with Crippen LogP contribution >= 0.6 is 0 Å². The van der Waals surface area contributed by atoms with E-state index in [1.165, 1.54) is 7.11 Å². The van der Waals surface area contributed by atoms with Crippen LogP contribution in [0.1, 0.15) is 6.42 Å². The summed E-state index contributed by atoms with van der Waals surface area (Å²) in [6, 6.07) is 0. The second-order valence-electron chi connectivity index (χ2n) is 3.55. The number of esters is 1. The Hall–Kier alpha value is -2.05. The van der Waals surface area contributed by atoms with Gasteiger partial charge in [0.2, 0.25) is 0 Å². The molecule has 0 saturated carbocycles. The van der Waals surface area contributed by atoms with Crippen LogP contribution < -0.4 is 5.32 Å². The summed E-state index contributed by atoms with van der Waals surface area (Å²) >= 11 is 0. The smallest absolute Gasteiger partial charge is 0.330 e. The highest BCUT2D eigenvalue weighted by atomic mass is 16.6. The van der Waals surface area contributed by atoms with Crippen molar-refractivity contribution < 1.29 is 14.5 Å². The van der Waals surface area contributed by atoms with Crippen molar-refractivity contribution in [2.24, 2.45) is 0 Å². The van der Waals surface area contributed by atoms with Gasteiger partial charge in [-0.05, 0) is 6.42 Å². The average molecular weight is 241 g/mol. The first-order chi connectivity index (χ1) is 8.06. The maximum absolute atomic E-state index is 10.9. The molecule has 1 N–H and O–H groups in total. The number of nitrogens with one attached hydrogen (secondary N) is 1. The van der Waals surface area contributed by atoms with E-state index in [1.54, 1.807) is 11.9 Å². The summed E-state index contributed by atoms with van der Waals surface area (Å²) < 4.78 is 4.39. The number of carbonyl (C=O) groups is 1. The molecule has 0 spiro atoms. The van der Waals surface area contributed by atoms with Gasteiger partial charge in [0.1, 0.15) is 0 Å². The second kappa shape index (κ2) is 5.88. The molecule has 0 aromatic rings. The summed E-state index contributed by atoms with van der Waals surface area (Å²) in [6.45, 7) is 1.43. The lowest BCUT2D eigenvalue weighted by Gasteiger charge is -2.27. The molecular formula is C10H15N3O4. The van der Waals surface area contributed by atoms with Gasteiger partial charge < -0.3 is 15.0 Å². The van der Waals surface area contributed by atoms with Gasteiger partial charge in [0.05, 0.1) is 12.0 Å². The summed E-state index contributed by atoms with van der Waals surface area (Å²) in [6.07, 6.45) is 3.11. The first kappa shape index (κ1) is 13.0. The van der Waals surface area contributed by atoms with Crippen LogP contribution in [0, 0.1) is 10.1 Å². The Kier molecular flexibility index (Phi) is 4.50. The van der Waals surface area contributed by atoms with Crippen LogP contribution in [0.15, 0.2) is 23.7 Å². The van der Waals surface area contributed by atoms with Crippen molar-refractivity contribution in [3.05, 3.63) is 33.8 Å². The van der Waals surface area contributed by atoms with Crippen LogP contribution in [-0.2, 0) is 9.53 Å². The Labute approximate surface area is 98.9 Å². The van der Waals surface area contributed by atoms with Crippen molar-refractivity contribution in [3.8, 4) is 0 Å². The predicted octanol–water partition coefficient (Wildman–Crippen LogP) is 0.0865. The molecule has 1 rings (SSSR count). The maximum Gasteiger partial charge on any atom is 0.330 e. The number of methoxy groups -OCH3 is 1. The summed E-state index contributed by atoms with van der Waals surface area (Å²) in [4.78, 5) is 23.1. The number of rotatable bonds is 3. The average Bonchev–Trinajstić information content (AvgIpc) is 2.30. The van der Waals surface area contributed by atoms with Crippen molar-refractivity contribution >= 4 is 5.97 Å². The molecule has 1 aliphatic heterocycles. The standard InChI is InChI=1S/C10H15N3O4/c1-12-7-3-6-11-10(12)8(13(15)16)4-5-9(14)17-2/h4-5,11H,3,6-7H2,1-2H3/b5-4+,10-8-. The third kappa shape index (κ3) is 3.47. The second-order valence-corrected chi connectivity index (χ2v) is 3.55. The van der Waals surface area contributed by atoms with Crippen LogP contribution in [0.5, 0.6) is 0 Å². The zero-order chi connectivity index (χ0) is 12.8. The normalized spacial score (nSPS) is 18.8. The third-order valence-corrected chi connectivity index (χ3v) is 2.36. The molecule has 0 atom stereocenters. The Balaban J connectivity index is 2.98. The molecule has 0 aliphatic carbocycles. The molecule has 1 aliphatic rings. The van der Waals surface area contributed by atoms with Gasteiger partial charge in [0, 0.05) is 32.3 Å². The van der Waals surface area contributed by atoms with Crippen molar-refractivity contribution in [2.45, 2.75) is 6.42 Å². The SMILES string of the molecule is COC(=O)/C=C/C(=C1\NCCCN1C)[N+](=O)[O-]. The van der Waals surface area contributed by atoms with Crippen molar-refractivity contribution in [3.63, 3.8) is 0 Å². The number of carbonyl (C=O) groups excluding carboxylic acids is 1. The van der Waals surface area contributed by atoms with E-state index in [0.29, 0.717) is 12.4 Å². The summed E-state index contributed by atoms with van der Waals surface area (Å²) in [5.41, 5.74) is -0.141. The molecule has 0 aromatic heterocycles. The number of hydrogen-bond acceptors (Lipinski definition) is 6. The number of nitrogens with zero attached hydrogens (tertiary/aromatic N) is 2. The zero-order valence-corrected chi connectivity index (χ0v) is 9.80. The molecule has 0 radical (unpaired) electrons. The molecule has 7 heteroatoms. The van der Waals surface area contributed by atoms with Crippen LogP contribution in [0.2, 0.25) is 0 Å². The molecule has 17 heavy (non-hydrogen) atoms. The summed E-state index contributed by atoms with van der Waals surface area (Å²) in [7, 11) is 2.98. The Morgan fingerprint density at radius 3 is 2.82 bits per heavy atom. The van der Waals surface area contributed by atoms with Gasteiger partial charge in [0.15, 0.2) is 5.82 Å². The van der Waals surface area contributed by atoms with Crippen molar-refractivity contribution in [2.75, 3.05) is 27.2 Å². The van der Waals surface area contributed by atoms with Crippen LogP contribution in [0.4, 0.5) is 0 Å². The van der Waals surface area contributed by atoms with E-state index in [1.807, 2.05) is 0 Å². The first-order valence-electron chi connectivity index (χ1n) is 5.16. The quantitative estimate of drug-likeness (QED) is 0.326. The van der Waals surface area contributed by atoms with Crippen molar-refractivity contribution in [1.82, 2.24) is 10.2 Å². The van der Waals surface area contributed by atoms with E-state index in [-0.39, 0.29) is 5.70 Å². The summed E-state index contributed by atoms with van der Waals surface area (Å²) in [5.74, 6) is -0.204. The fourth-order valence-corrected chi connectivity index (χ4v) is 1.50. The van der Waals surface area contributed by atoms with E-state index in [0.717, 1.165) is 25.1 Å². The minimum absolute atomic E-state index is 0.141. The lowest BCUT2D eigenvalue weighted by molar-refractivity contribution is -0.421. The highest BCUT2D eigenvalue weighted by molar-refractivity contribution is 5.82. The molecular weight excluding hydrogens is 226 g/mol. The first-order valence-corrected chi connectivity index (χ1v) is 5.16. The Morgan fingerprint density at radius 2 is 2.29 bits per heavy atom. The minimum Gasteiger partial charge on any atom is -0.466 e. The Morgan fingerprint density at radius 1 is 1.59 bits per heavy atom. The highest BCUT2D eigenvalue weighted by Gasteiger charge is 2.22. The Bertz CT molecular complexity index is 376.